The van der Waals surface area contributed by atoms with E-state index in [0.717, 1.165) is 10.9 Å². The standard InChI is InChI=1S/C23H20N2O3/c1-16(27-21-9-3-2-4-10-21)23(26)24-15-20-14-22(28-25-20)19-12-11-17-7-5-6-8-18(17)13-19/h2-14,16H,15H2,1H3,(H,24,26). The van der Waals surface area contributed by atoms with Crippen molar-refractivity contribution in [1.82, 2.24) is 10.5 Å². The van der Waals surface area contributed by atoms with E-state index in [1.54, 1.807) is 6.92 Å². The van der Waals surface area contributed by atoms with Crippen molar-refractivity contribution in [2.24, 2.45) is 0 Å². The minimum Gasteiger partial charge on any atom is -0.481 e. The van der Waals surface area contributed by atoms with Gasteiger partial charge in [0.2, 0.25) is 0 Å². The van der Waals surface area contributed by atoms with Crippen LogP contribution in [0.2, 0.25) is 0 Å². The Morgan fingerprint density at radius 2 is 1.75 bits per heavy atom. The fourth-order valence-electron chi connectivity index (χ4n) is 2.95. The van der Waals surface area contributed by atoms with E-state index in [0.29, 0.717) is 17.2 Å². The zero-order valence-electron chi connectivity index (χ0n) is 15.5. The second-order valence-electron chi connectivity index (χ2n) is 6.54. The summed E-state index contributed by atoms with van der Waals surface area (Å²) in [4.78, 5) is 12.2. The lowest BCUT2D eigenvalue weighted by molar-refractivity contribution is -0.127. The Bertz CT molecular complexity index is 1090. The molecule has 28 heavy (non-hydrogen) atoms. The first-order valence-corrected chi connectivity index (χ1v) is 9.13. The van der Waals surface area contributed by atoms with Crippen molar-refractivity contribution in [2.45, 2.75) is 19.6 Å². The molecule has 0 saturated heterocycles. The number of rotatable bonds is 6. The molecular formula is C23H20N2O3. The number of nitrogens with one attached hydrogen (secondary N) is 1. The Morgan fingerprint density at radius 3 is 2.57 bits per heavy atom. The highest BCUT2D eigenvalue weighted by molar-refractivity contribution is 5.86. The van der Waals surface area contributed by atoms with Crippen LogP contribution in [0.1, 0.15) is 12.6 Å². The number of fused-ring (bicyclic) bond motifs is 1. The molecule has 0 saturated carbocycles. The average Bonchev–Trinajstić information content (AvgIpc) is 3.21. The molecule has 0 fully saturated rings. The van der Waals surface area contributed by atoms with Gasteiger partial charge in [-0.15, -0.1) is 0 Å². The topological polar surface area (TPSA) is 64.4 Å². The highest BCUT2D eigenvalue weighted by Crippen LogP contribution is 2.25. The third kappa shape index (κ3) is 4.04. The summed E-state index contributed by atoms with van der Waals surface area (Å²) in [5.41, 5.74) is 1.60. The quantitative estimate of drug-likeness (QED) is 0.538. The van der Waals surface area contributed by atoms with Crippen LogP contribution in [-0.4, -0.2) is 17.2 Å². The van der Waals surface area contributed by atoms with Gasteiger partial charge in [-0.1, -0.05) is 59.8 Å². The van der Waals surface area contributed by atoms with Crippen molar-refractivity contribution in [2.75, 3.05) is 0 Å². The number of amides is 1. The normalized spacial score (nSPS) is 11.9. The number of hydrogen-bond acceptors (Lipinski definition) is 4. The van der Waals surface area contributed by atoms with Gasteiger partial charge in [0, 0.05) is 11.6 Å². The van der Waals surface area contributed by atoms with Gasteiger partial charge >= 0.3 is 0 Å². The number of hydrogen-bond donors (Lipinski definition) is 1. The number of ether oxygens (including phenoxy) is 1. The van der Waals surface area contributed by atoms with Crippen molar-refractivity contribution in [3.63, 3.8) is 0 Å². The van der Waals surface area contributed by atoms with E-state index in [9.17, 15) is 4.79 Å². The maximum atomic E-state index is 12.2. The Morgan fingerprint density at radius 1 is 1.00 bits per heavy atom. The molecule has 1 aromatic heterocycles. The number of carbonyl (C=O) groups is 1. The second kappa shape index (κ2) is 7.96. The largest absolute Gasteiger partial charge is 0.481 e. The second-order valence-corrected chi connectivity index (χ2v) is 6.54. The van der Waals surface area contributed by atoms with Crippen LogP contribution >= 0.6 is 0 Å². The maximum Gasteiger partial charge on any atom is 0.261 e. The lowest BCUT2D eigenvalue weighted by Crippen LogP contribution is -2.35. The van der Waals surface area contributed by atoms with Crippen molar-refractivity contribution >= 4 is 16.7 Å². The predicted molar refractivity (Wildman–Crippen MR) is 108 cm³/mol. The first-order chi connectivity index (χ1) is 13.7. The van der Waals surface area contributed by atoms with E-state index >= 15 is 0 Å². The Kier molecular flexibility index (Phi) is 5.06. The van der Waals surface area contributed by atoms with Gasteiger partial charge < -0.3 is 14.6 Å². The van der Waals surface area contributed by atoms with Gasteiger partial charge in [-0.2, -0.15) is 0 Å². The first kappa shape index (κ1) is 17.8. The summed E-state index contributed by atoms with van der Waals surface area (Å²) < 4.78 is 11.1. The van der Waals surface area contributed by atoms with Crippen LogP contribution in [0, 0.1) is 0 Å². The molecule has 1 N–H and O–H groups in total. The smallest absolute Gasteiger partial charge is 0.261 e. The van der Waals surface area contributed by atoms with Gasteiger partial charge in [-0.05, 0) is 35.9 Å². The molecule has 1 heterocycles. The zero-order valence-corrected chi connectivity index (χ0v) is 15.5. The molecule has 1 amide bonds. The minimum atomic E-state index is -0.603. The van der Waals surface area contributed by atoms with Crippen molar-refractivity contribution in [1.29, 1.82) is 0 Å². The van der Waals surface area contributed by atoms with Gasteiger partial charge in [0.1, 0.15) is 11.4 Å². The molecular weight excluding hydrogens is 352 g/mol. The molecule has 0 radical (unpaired) electrons. The molecule has 0 spiro atoms. The highest BCUT2D eigenvalue weighted by Gasteiger charge is 2.15. The van der Waals surface area contributed by atoms with E-state index in [-0.39, 0.29) is 12.5 Å². The molecule has 4 rings (SSSR count). The van der Waals surface area contributed by atoms with Crippen molar-refractivity contribution < 1.29 is 14.1 Å². The fourth-order valence-corrected chi connectivity index (χ4v) is 2.95. The lowest BCUT2D eigenvalue weighted by atomic mass is 10.1. The Hall–Kier alpha value is -3.60. The predicted octanol–water partition coefficient (Wildman–Crippen LogP) is 4.58. The SMILES string of the molecule is CC(Oc1ccccc1)C(=O)NCc1cc(-c2ccc3ccccc3c2)on1. The van der Waals surface area contributed by atoms with Gasteiger partial charge in [0.15, 0.2) is 11.9 Å². The summed E-state index contributed by atoms with van der Waals surface area (Å²) in [5, 5.41) is 9.19. The maximum absolute atomic E-state index is 12.2. The zero-order chi connectivity index (χ0) is 19.3. The molecule has 5 nitrogen and oxygen atoms in total. The van der Waals surface area contributed by atoms with E-state index in [1.807, 2.05) is 54.6 Å². The van der Waals surface area contributed by atoms with Crippen LogP contribution in [0.15, 0.2) is 83.4 Å². The minimum absolute atomic E-state index is 0.209. The number of para-hydroxylation sites is 1. The molecule has 4 aromatic rings. The Balaban J connectivity index is 1.38. The van der Waals surface area contributed by atoms with Crippen LogP contribution in [0.5, 0.6) is 5.75 Å². The van der Waals surface area contributed by atoms with Crippen LogP contribution < -0.4 is 10.1 Å². The molecule has 3 aromatic carbocycles. The Labute approximate surface area is 162 Å². The van der Waals surface area contributed by atoms with Crippen LogP contribution in [-0.2, 0) is 11.3 Å². The van der Waals surface area contributed by atoms with Crippen LogP contribution in [0.4, 0.5) is 0 Å². The fraction of sp³-hybridized carbons (Fsp3) is 0.130. The summed E-state index contributed by atoms with van der Waals surface area (Å²) in [6.07, 6.45) is -0.603. The molecule has 1 atom stereocenters. The van der Waals surface area contributed by atoms with Gasteiger partial charge in [-0.3, -0.25) is 4.79 Å². The van der Waals surface area contributed by atoms with E-state index < -0.39 is 6.10 Å². The average molecular weight is 372 g/mol. The molecule has 0 aliphatic carbocycles. The number of nitrogens with zero attached hydrogens (tertiary/aromatic N) is 1. The van der Waals surface area contributed by atoms with E-state index in [4.69, 9.17) is 9.26 Å². The number of carbonyl (C=O) groups excluding carboxylic acids is 1. The summed E-state index contributed by atoms with van der Waals surface area (Å²) in [5.74, 6) is 1.12. The molecule has 140 valence electrons. The number of aromatic nitrogens is 1. The van der Waals surface area contributed by atoms with Gasteiger partial charge in [0.05, 0.1) is 6.54 Å². The third-order valence-electron chi connectivity index (χ3n) is 4.46. The molecule has 0 aliphatic heterocycles. The molecule has 5 heteroatoms. The van der Waals surface area contributed by atoms with Gasteiger partial charge in [0.25, 0.3) is 5.91 Å². The number of benzene rings is 3. The van der Waals surface area contributed by atoms with E-state index in [1.165, 1.54) is 5.39 Å². The summed E-state index contributed by atoms with van der Waals surface area (Å²) in [6, 6.07) is 25.4. The molecule has 0 aliphatic rings. The van der Waals surface area contributed by atoms with Crippen LogP contribution in [0.25, 0.3) is 22.1 Å². The van der Waals surface area contributed by atoms with E-state index in [2.05, 4.69) is 34.7 Å². The molecule has 1 unspecified atom stereocenters. The first-order valence-electron chi connectivity index (χ1n) is 9.13. The third-order valence-corrected chi connectivity index (χ3v) is 4.46. The molecule has 0 bridgehead atoms. The monoisotopic (exact) mass is 372 g/mol. The van der Waals surface area contributed by atoms with Crippen LogP contribution in [0.3, 0.4) is 0 Å². The summed E-state index contributed by atoms with van der Waals surface area (Å²) in [7, 11) is 0. The summed E-state index contributed by atoms with van der Waals surface area (Å²) >= 11 is 0. The van der Waals surface area contributed by atoms with Gasteiger partial charge in [-0.25, -0.2) is 0 Å². The van der Waals surface area contributed by atoms with Crippen molar-refractivity contribution in [3.8, 4) is 17.1 Å². The highest BCUT2D eigenvalue weighted by atomic mass is 16.5. The lowest BCUT2D eigenvalue weighted by Gasteiger charge is -2.13. The van der Waals surface area contributed by atoms with Crippen molar-refractivity contribution in [3.05, 3.63) is 84.6 Å². The summed E-state index contributed by atoms with van der Waals surface area (Å²) in [6.45, 7) is 1.99.